The zero-order valence-electron chi connectivity index (χ0n) is 31.9. The van der Waals surface area contributed by atoms with Gasteiger partial charge in [0, 0.05) is 5.56 Å². The van der Waals surface area contributed by atoms with Crippen molar-refractivity contribution in [3.05, 3.63) is 156 Å². The second-order valence-corrected chi connectivity index (χ2v) is 18.2. The fourth-order valence-corrected chi connectivity index (χ4v) is 10.4. The lowest BCUT2D eigenvalue weighted by Crippen LogP contribution is -2.73. The van der Waals surface area contributed by atoms with Gasteiger partial charge in [-0.1, -0.05) is 122 Å². The number of fused-ring (bicyclic) bond motifs is 1. The van der Waals surface area contributed by atoms with Crippen LogP contribution in [0.5, 0.6) is 0 Å². The molecule has 11 nitrogen and oxygen atoms in total. The third-order valence-electron chi connectivity index (χ3n) is 10.4. The molecule has 1 amide bonds. The molecule has 0 radical (unpaired) electrons. The molecular weight excluding hydrogens is 711 g/mol. The van der Waals surface area contributed by atoms with E-state index in [0.717, 1.165) is 16.7 Å². The number of nitrogens with zero attached hydrogens (tertiary/aromatic N) is 4. The van der Waals surface area contributed by atoms with Crippen LogP contribution in [0.3, 0.4) is 0 Å². The van der Waals surface area contributed by atoms with E-state index in [1.165, 1.54) is 13.4 Å². The molecule has 284 valence electrons. The fourth-order valence-electron chi connectivity index (χ4n) is 8.27. The van der Waals surface area contributed by atoms with Crippen molar-refractivity contribution in [1.82, 2.24) is 19.5 Å². The van der Waals surface area contributed by atoms with Crippen molar-refractivity contribution in [1.29, 1.82) is 0 Å². The third kappa shape index (κ3) is 6.38. The molecule has 2 aromatic heterocycles. The molecule has 1 aliphatic heterocycles. The fraction of sp³-hybridized carbons (Fsp3) is 0.302. The third-order valence-corrected chi connectivity index (χ3v) is 12.9. The van der Waals surface area contributed by atoms with Gasteiger partial charge in [-0.2, -0.15) is 0 Å². The van der Waals surface area contributed by atoms with Gasteiger partial charge < -0.3 is 19.9 Å². The van der Waals surface area contributed by atoms with Gasteiger partial charge in [-0.25, -0.2) is 24.7 Å². The molecule has 4 aromatic carbocycles. The average Bonchev–Trinajstić information content (AvgIpc) is 3.74. The van der Waals surface area contributed by atoms with Crippen LogP contribution in [0.2, 0.25) is 13.1 Å². The number of imidazole rings is 1. The largest absolute Gasteiger partial charge is 0.386 e. The van der Waals surface area contributed by atoms with Crippen LogP contribution >= 0.6 is 0 Å². The lowest BCUT2D eigenvalue weighted by molar-refractivity contribution is -0.297. The second kappa shape index (κ2) is 15.2. The molecular formula is C43H47N5O6Si. The number of carbonyl (C=O) groups excluding carboxylic acids is 1. The molecule has 3 heterocycles. The molecule has 1 aliphatic rings. The van der Waals surface area contributed by atoms with Crippen LogP contribution in [0.25, 0.3) is 11.2 Å². The molecule has 0 bridgehead atoms. The molecule has 6 aromatic rings. The van der Waals surface area contributed by atoms with Gasteiger partial charge in [0.15, 0.2) is 22.7 Å². The van der Waals surface area contributed by atoms with Gasteiger partial charge in [0.1, 0.15) is 30.4 Å². The summed E-state index contributed by atoms with van der Waals surface area (Å²) in [5, 5.41) is 15.5. The Balaban J connectivity index is 1.64. The van der Waals surface area contributed by atoms with Crippen LogP contribution in [-0.4, -0.2) is 76.1 Å². The number of aromatic nitrogens is 4. The molecule has 0 spiro atoms. The van der Waals surface area contributed by atoms with E-state index in [1.54, 1.807) is 30.6 Å². The van der Waals surface area contributed by atoms with Crippen LogP contribution in [0, 0.1) is 0 Å². The molecule has 55 heavy (non-hydrogen) atoms. The Morgan fingerprint density at radius 2 is 1.36 bits per heavy atom. The summed E-state index contributed by atoms with van der Waals surface area (Å²) in [5.74, 6) is -0.140. The number of nitrogens with one attached hydrogen (secondary N) is 1. The summed E-state index contributed by atoms with van der Waals surface area (Å²) < 4.78 is 16.5. The van der Waals surface area contributed by atoms with Gasteiger partial charge in [-0.15, -0.1) is 0 Å². The second-order valence-electron chi connectivity index (χ2n) is 15.1. The number of carbonyl (C=O) groups is 1. The predicted octanol–water partition coefficient (Wildman–Crippen LogP) is 6.68. The van der Waals surface area contributed by atoms with E-state index < -0.39 is 43.0 Å². The van der Waals surface area contributed by atoms with E-state index in [1.807, 2.05) is 86.0 Å². The Bertz CT molecular complexity index is 2120. The lowest BCUT2D eigenvalue weighted by atomic mass is 9.60. The monoisotopic (exact) mass is 757 g/mol. The normalized spacial score (nSPS) is 21.6. The lowest BCUT2D eigenvalue weighted by Gasteiger charge is -2.57. The molecule has 0 unspecified atom stereocenters. The quantitative estimate of drug-likeness (QED) is 0.0608. The Labute approximate surface area is 322 Å². The van der Waals surface area contributed by atoms with Crippen molar-refractivity contribution in [3.63, 3.8) is 0 Å². The molecule has 0 aliphatic carbocycles. The summed E-state index contributed by atoms with van der Waals surface area (Å²) in [4.78, 5) is 38.6. The van der Waals surface area contributed by atoms with E-state index in [4.69, 9.17) is 29.2 Å². The van der Waals surface area contributed by atoms with Crippen LogP contribution in [0.15, 0.2) is 134 Å². The molecule has 4 atom stereocenters. The smallest absolute Gasteiger partial charge is 0.256 e. The van der Waals surface area contributed by atoms with Crippen molar-refractivity contribution in [2.45, 2.75) is 68.0 Å². The van der Waals surface area contributed by atoms with Crippen LogP contribution < -0.4 is 5.32 Å². The summed E-state index contributed by atoms with van der Waals surface area (Å²) in [6, 6.07) is 39.1. The van der Waals surface area contributed by atoms with Crippen LogP contribution in [-0.2, 0) is 30.4 Å². The topological polar surface area (TPSA) is 130 Å². The first-order chi connectivity index (χ1) is 26.5. The number of anilines is 1. The van der Waals surface area contributed by atoms with Gasteiger partial charge >= 0.3 is 0 Å². The number of aliphatic hydroxyl groups is 1. The summed E-state index contributed by atoms with van der Waals surface area (Å²) in [6.07, 6.45) is 1.24. The minimum Gasteiger partial charge on any atom is -0.386 e. The number of benzene rings is 4. The van der Waals surface area contributed by atoms with Crippen molar-refractivity contribution in [2.75, 3.05) is 19.0 Å². The van der Waals surface area contributed by atoms with E-state index in [9.17, 15) is 9.90 Å². The minimum absolute atomic E-state index is 0.0587. The molecule has 7 rings (SSSR count). The van der Waals surface area contributed by atoms with Crippen LogP contribution in [0.1, 0.15) is 47.8 Å². The summed E-state index contributed by atoms with van der Waals surface area (Å²) in [7, 11) is -0.964. The number of rotatable bonds is 12. The molecule has 1 saturated heterocycles. The maximum absolute atomic E-state index is 14.3. The highest BCUT2D eigenvalue weighted by atomic mass is 28.3. The molecule has 12 heteroatoms. The highest BCUT2D eigenvalue weighted by molar-refractivity contribution is 6.59. The zero-order chi connectivity index (χ0) is 38.8. The molecule has 1 fully saturated rings. The maximum atomic E-state index is 14.3. The Morgan fingerprint density at radius 1 is 0.836 bits per heavy atom. The van der Waals surface area contributed by atoms with Crippen molar-refractivity contribution >= 4 is 31.7 Å². The number of hydrogen-bond donors (Lipinski definition) is 2. The van der Waals surface area contributed by atoms with Crippen LogP contribution in [0.4, 0.5) is 5.82 Å². The van der Waals surface area contributed by atoms with Crippen molar-refractivity contribution in [3.8, 4) is 0 Å². The number of hydrogen-bond acceptors (Lipinski definition) is 9. The average molecular weight is 758 g/mol. The summed E-state index contributed by atoms with van der Waals surface area (Å²) >= 11 is 0. The van der Waals surface area contributed by atoms with E-state index in [-0.39, 0.29) is 18.3 Å². The van der Waals surface area contributed by atoms with E-state index in [2.05, 4.69) is 59.8 Å². The SMILES string of the molecule is COOC[C@H]1O[C@](n2cnc3c(NC(=O)c4ccccc4)ncnc32)(C(c2ccccc2)(c2ccccc2)c2ccccc2)[C@@](O)([SiH](C)C)[C@@H]1OC(C)(C)C. The summed E-state index contributed by atoms with van der Waals surface area (Å²) in [5.41, 5.74) is -0.163. The maximum Gasteiger partial charge on any atom is 0.256 e. The first-order valence-corrected chi connectivity index (χ1v) is 21.3. The highest BCUT2D eigenvalue weighted by Gasteiger charge is 2.77. The Hall–Kier alpha value is -5.08. The standard InChI is InChI=1S/C43H47N5O6Si/c1-40(2,3)54-36-34(27-52-51-4)53-43(42(36,50)55(5)6,48-29-46-35-37(44-28-45-38(35)48)47-39(49)30-19-11-7-12-20-30)41(31-21-13-8-14-22-31,32-23-15-9-16-24-32)33-25-17-10-18-26-33/h7-26,28-29,34,36,50,55H,27H2,1-6H3,(H,44,45,47,49)/t34-,36-,42+,43-/m1/s1. The van der Waals surface area contributed by atoms with Gasteiger partial charge in [-0.05, 0) is 49.6 Å². The molecule has 2 N–H and O–H groups in total. The van der Waals surface area contributed by atoms with Crippen molar-refractivity contribution in [2.24, 2.45) is 0 Å². The van der Waals surface area contributed by atoms with Crippen molar-refractivity contribution < 1.29 is 29.1 Å². The van der Waals surface area contributed by atoms with E-state index >= 15 is 0 Å². The summed E-state index contributed by atoms with van der Waals surface area (Å²) in [6.45, 7) is 10.0. The van der Waals surface area contributed by atoms with Gasteiger partial charge in [0.2, 0.25) is 0 Å². The van der Waals surface area contributed by atoms with Gasteiger partial charge in [0.25, 0.3) is 5.91 Å². The highest BCUT2D eigenvalue weighted by Crippen LogP contribution is 2.63. The predicted molar refractivity (Wildman–Crippen MR) is 213 cm³/mol. The first kappa shape index (κ1) is 38.2. The Kier molecular flexibility index (Phi) is 10.6. The first-order valence-electron chi connectivity index (χ1n) is 18.4. The minimum atomic E-state index is -2.41. The van der Waals surface area contributed by atoms with E-state index in [0.29, 0.717) is 16.7 Å². The Morgan fingerprint density at radius 3 is 1.85 bits per heavy atom. The number of ether oxygens (including phenoxy) is 2. The zero-order valence-corrected chi connectivity index (χ0v) is 33.1. The van der Waals surface area contributed by atoms with Gasteiger partial charge in [-0.3, -0.25) is 9.36 Å². The molecule has 0 saturated carbocycles. The van der Waals surface area contributed by atoms with Gasteiger partial charge in [0.05, 0.1) is 33.2 Å². The number of amides is 1.